The van der Waals surface area contributed by atoms with E-state index in [9.17, 15) is 19.7 Å². The summed E-state index contributed by atoms with van der Waals surface area (Å²) in [7, 11) is 4.80. The van der Waals surface area contributed by atoms with Crippen molar-refractivity contribution in [3.05, 3.63) is 63.7 Å². The van der Waals surface area contributed by atoms with E-state index in [1.807, 2.05) is 0 Å². The fourth-order valence-electron chi connectivity index (χ4n) is 2.27. The van der Waals surface area contributed by atoms with E-state index in [0.29, 0.717) is 17.0 Å². The van der Waals surface area contributed by atoms with Crippen LogP contribution < -0.4 is 9.64 Å². The maximum atomic E-state index is 12.1. The third-order valence-corrected chi connectivity index (χ3v) is 3.62. The molecule has 0 fully saturated rings. The van der Waals surface area contributed by atoms with Gasteiger partial charge in [0.1, 0.15) is 11.4 Å². The van der Waals surface area contributed by atoms with Gasteiger partial charge in [0, 0.05) is 25.7 Å². The molecular weight excluding hydrogens is 340 g/mol. The van der Waals surface area contributed by atoms with Gasteiger partial charge < -0.3 is 14.4 Å². The van der Waals surface area contributed by atoms with Gasteiger partial charge in [0.25, 0.3) is 5.69 Å². The predicted molar refractivity (Wildman–Crippen MR) is 95.0 cm³/mol. The van der Waals surface area contributed by atoms with E-state index in [-0.39, 0.29) is 11.3 Å². The lowest BCUT2D eigenvalue weighted by atomic mass is 10.1. The summed E-state index contributed by atoms with van der Waals surface area (Å²) >= 11 is 0. The van der Waals surface area contributed by atoms with Gasteiger partial charge in [-0.3, -0.25) is 14.9 Å². The van der Waals surface area contributed by atoms with Gasteiger partial charge in [-0.05, 0) is 24.3 Å². The number of ether oxygens (including phenoxy) is 2. The van der Waals surface area contributed by atoms with Crippen molar-refractivity contribution in [2.45, 2.75) is 0 Å². The van der Waals surface area contributed by atoms with Crippen molar-refractivity contribution in [2.24, 2.45) is 0 Å². The molecule has 0 aliphatic rings. The molecule has 0 spiro atoms. The van der Waals surface area contributed by atoms with E-state index < -0.39 is 23.3 Å². The number of benzene rings is 2. The fourth-order valence-corrected chi connectivity index (χ4v) is 2.27. The lowest BCUT2D eigenvalue weighted by Crippen LogP contribution is -2.15. The molecule has 0 atom stereocenters. The Kier molecular flexibility index (Phi) is 5.90. The minimum absolute atomic E-state index is 0.000687. The van der Waals surface area contributed by atoms with Gasteiger partial charge in [-0.2, -0.15) is 0 Å². The summed E-state index contributed by atoms with van der Waals surface area (Å²) in [4.78, 5) is 36.4. The molecule has 2 aromatic carbocycles. The second kappa shape index (κ2) is 8.11. The first-order valence-corrected chi connectivity index (χ1v) is 7.63. The van der Waals surface area contributed by atoms with Crippen LogP contribution in [0.5, 0.6) is 5.75 Å². The molecule has 136 valence electrons. The number of methoxy groups -OCH3 is 1. The molecule has 0 aliphatic heterocycles. The molecule has 0 radical (unpaired) electrons. The summed E-state index contributed by atoms with van der Waals surface area (Å²) in [5.41, 5.74) is 0.481. The highest BCUT2D eigenvalue weighted by molar-refractivity contribution is 5.99. The minimum atomic E-state index is -0.811. The highest BCUT2D eigenvalue weighted by atomic mass is 16.6. The number of hydrogen-bond acceptors (Lipinski definition) is 7. The van der Waals surface area contributed by atoms with Crippen LogP contribution in [-0.2, 0) is 4.74 Å². The van der Waals surface area contributed by atoms with Crippen LogP contribution in [0.25, 0.3) is 0 Å². The summed E-state index contributed by atoms with van der Waals surface area (Å²) in [5, 5.41) is 11.2. The number of esters is 1. The number of hydrogen-bond donors (Lipinski definition) is 0. The third kappa shape index (κ3) is 4.35. The van der Waals surface area contributed by atoms with Crippen LogP contribution in [0.4, 0.5) is 11.4 Å². The molecule has 8 nitrogen and oxygen atoms in total. The summed E-state index contributed by atoms with van der Waals surface area (Å²) in [6.45, 7) is -0.477. The Morgan fingerprint density at radius 1 is 1.12 bits per heavy atom. The lowest BCUT2D eigenvalue weighted by Gasteiger charge is -2.13. The third-order valence-electron chi connectivity index (χ3n) is 3.62. The van der Waals surface area contributed by atoms with Crippen LogP contribution in [0.3, 0.4) is 0 Å². The van der Waals surface area contributed by atoms with Gasteiger partial charge in [-0.1, -0.05) is 12.1 Å². The Labute approximate surface area is 150 Å². The normalized spacial score (nSPS) is 10.1. The van der Waals surface area contributed by atoms with Crippen LogP contribution in [0, 0.1) is 10.1 Å². The van der Waals surface area contributed by atoms with Gasteiger partial charge in [-0.25, -0.2) is 4.79 Å². The molecule has 0 heterocycles. The van der Waals surface area contributed by atoms with E-state index >= 15 is 0 Å². The van der Waals surface area contributed by atoms with Crippen molar-refractivity contribution < 1.29 is 24.0 Å². The van der Waals surface area contributed by atoms with Crippen LogP contribution in [0.15, 0.2) is 42.5 Å². The van der Waals surface area contributed by atoms with Crippen molar-refractivity contribution in [3.63, 3.8) is 0 Å². The molecule has 2 rings (SSSR count). The molecule has 2 aromatic rings. The molecular formula is C18H18N2O6. The van der Waals surface area contributed by atoms with Crippen molar-refractivity contribution in [2.75, 3.05) is 32.7 Å². The van der Waals surface area contributed by atoms with Crippen molar-refractivity contribution in [3.8, 4) is 5.75 Å². The maximum Gasteiger partial charge on any atom is 0.338 e. The highest BCUT2D eigenvalue weighted by Crippen LogP contribution is 2.28. The number of ketones is 1. The Balaban J connectivity index is 2.11. The largest absolute Gasteiger partial charge is 0.497 e. The van der Waals surface area contributed by atoms with Crippen LogP contribution in [0.1, 0.15) is 20.7 Å². The van der Waals surface area contributed by atoms with Crippen LogP contribution in [-0.4, -0.2) is 44.5 Å². The topological polar surface area (TPSA) is 99.0 Å². The number of nitro benzene ring substituents is 1. The first-order chi connectivity index (χ1) is 12.3. The number of rotatable bonds is 7. The van der Waals surface area contributed by atoms with Crippen molar-refractivity contribution in [1.29, 1.82) is 0 Å². The number of Topliss-reactive ketones (excluding diaryl/α,β-unsaturated/α-hetero) is 1. The molecule has 0 saturated heterocycles. The van der Waals surface area contributed by atoms with E-state index in [2.05, 4.69) is 0 Å². The van der Waals surface area contributed by atoms with E-state index in [0.717, 1.165) is 6.07 Å². The maximum absolute atomic E-state index is 12.1. The predicted octanol–water partition coefficient (Wildman–Crippen LogP) is 2.71. The Morgan fingerprint density at radius 3 is 2.46 bits per heavy atom. The number of carbonyl (C=O) groups excluding carboxylic acids is 2. The second-order valence-corrected chi connectivity index (χ2v) is 5.59. The van der Waals surface area contributed by atoms with Gasteiger partial charge in [0.05, 0.1) is 17.6 Å². The second-order valence-electron chi connectivity index (χ2n) is 5.59. The number of nitrogens with zero attached hydrogens (tertiary/aromatic N) is 2. The monoisotopic (exact) mass is 358 g/mol. The number of anilines is 1. The first-order valence-electron chi connectivity index (χ1n) is 7.63. The zero-order valence-electron chi connectivity index (χ0n) is 14.6. The number of nitro groups is 1. The molecule has 0 bridgehead atoms. The van der Waals surface area contributed by atoms with E-state index in [1.165, 1.54) is 25.3 Å². The lowest BCUT2D eigenvalue weighted by molar-refractivity contribution is -0.384. The fraction of sp³-hybridized carbons (Fsp3) is 0.222. The van der Waals surface area contributed by atoms with Crippen molar-refractivity contribution in [1.82, 2.24) is 0 Å². The summed E-state index contributed by atoms with van der Waals surface area (Å²) in [6, 6.07) is 10.5. The van der Waals surface area contributed by atoms with Crippen LogP contribution in [0.2, 0.25) is 0 Å². The van der Waals surface area contributed by atoms with Gasteiger partial charge >= 0.3 is 5.97 Å². The number of carbonyl (C=O) groups is 2. The SMILES string of the molecule is COc1cccc(C(=O)COC(=O)c2ccc(N(C)C)c([N+](=O)[O-])c2)c1. The molecule has 0 N–H and O–H groups in total. The summed E-state index contributed by atoms with van der Waals surface area (Å²) in [6.07, 6.45) is 0. The molecule has 8 heteroatoms. The van der Waals surface area contributed by atoms with Gasteiger partial charge in [-0.15, -0.1) is 0 Å². The average Bonchev–Trinajstić information content (AvgIpc) is 2.65. The Hall–Kier alpha value is -3.42. The summed E-state index contributed by atoms with van der Waals surface area (Å²) < 4.78 is 10.0. The first kappa shape index (κ1) is 18.9. The smallest absolute Gasteiger partial charge is 0.338 e. The standard InChI is InChI=1S/C18H18N2O6/c1-19(2)15-8-7-13(10-16(15)20(23)24)18(22)26-11-17(21)12-5-4-6-14(9-12)25-3/h4-10H,11H2,1-3H3. The molecule has 0 amide bonds. The van der Waals surface area contributed by atoms with Crippen molar-refractivity contribution >= 4 is 23.1 Å². The zero-order valence-corrected chi connectivity index (χ0v) is 14.6. The molecule has 0 saturated carbocycles. The van der Waals surface area contributed by atoms with E-state index in [4.69, 9.17) is 9.47 Å². The highest BCUT2D eigenvalue weighted by Gasteiger charge is 2.20. The van der Waals surface area contributed by atoms with E-state index in [1.54, 1.807) is 37.2 Å². The Bertz CT molecular complexity index is 847. The Morgan fingerprint density at radius 2 is 1.85 bits per heavy atom. The minimum Gasteiger partial charge on any atom is -0.497 e. The molecule has 0 aliphatic carbocycles. The van der Waals surface area contributed by atoms with Gasteiger partial charge in [0.15, 0.2) is 12.4 Å². The molecule has 0 unspecified atom stereocenters. The quantitative estimate of drug-likeness (QED) is 0.325. The zero-order chi connectivity index (χ0) is 19.3. The van der Waals surface area contributed by atoms with Gasteiger partial charge in [0.2, 0.25) is 0 Å². The average molecular weight is 358 g/mol. The molecule has 26 heavy (non-hydrogen) atoms. The summed E-state index contributed by atoms with van der Waals surface area (Å²) in [5.74, 6) is -0.705. The molecule has 0 aromatic heterocycles. The van der Waals surface area contributed by atoms with Crippen LogP contribution >= 0.6 is 0 Å².